The zero-order valence-corrected chi connectivity index (χ0v) is 11.8. The smallest absolute Gasteiger partial charge is 0.369 e. The van der Waals surface area contributed by atoms with E-state index in [-0.39, 0.29) is 9.92 Å². The fourth-order valence-electron chi connectivity index (χ4n) is 2.28. The van der Waals surface area contributed by atoms with Gasteiger partial charge < -0.3 is 19.3 Å². The van der Waals surface area contributed by atoms with Crippen molar-refractivity contribution in [1.29, 1.82) is 0 Å². The number of thiazole rings is 1. The van der Waals surface area contributed by atoms with Gasteiger partial charge in [-0.3, -0.25) is 10.1 Å². The Morgan fingerprint density at radius 1 is 1.05 bits per heavy atom. The lowest BCUT2D eigenvalue weighted by molar-refractivity contribution is -0.379. The fraction of sp³-hybridized carbons (Fsp3) is 0.727. The predicted octanol–water partition coefficient (Wildman–Crippen LogP) is 0.724. The molecule has 110 valence electrons. The number of hydrogen-bond donors (Lipinski definition) is 0. The molecule has 0 aromatic carbocycles. The van der Waals surface area contributed by atoms with Crippen LogP contribution in [0.5, 0.6) is 0 Å². The van der Waals surface area contributed by atoms with Gasteiger partial charge in [-0.1, -0.05) is 0 Å². The average Bonchev–Trinajstić information content (AvgIpc) is 2.94. The third-order valence-electron chi connectivity index (χ3n) is 3.34. The highest BCUT2D eigenvalue weighted by Crippen LogP contribution is 2.39. The Hall–Kier alpha value is -1.45. The number of aromatic nitrogens is 1. The third kappa shape index (κ3) is 2.69. The molecule has 2 aliphatic heterocycles. The Labute approximate surface area is 120 Å². The van der Waals surface area contributed by atoms with Crippen molar-refractivity contribution < 1.29 is 14.4 Å². The lowest BCUT2D eigenvalue weighted by atomic mass is 10.4. The van der Waals surface area contributed by atoms with E-state index in [0.717, 1.165) is 24.4 Å². The summed E-state index contributed by atoms with van der Waals surface area (Å²) in [6, 6.07) is 0. The molecular formula is C11H16N4O4S. The zero-order chi connectivity index (χ0) is 13.9. The van der Waals surface area contributed by atoms with Crippen molar-refractivity contribution in [2.24, 2.45) is 0 Å². The third-order valence-corrected chi connectivity index (χ3v) is 4.40. The number of ether oxygens (including phenoxy) is 2. The summed E-state index contributed by atoms with van der Waals surface area (Å²) >= 11 is 1.15. The highest BCUT2D eigenvalue weighted by molar-refractivity contribution is 7.19. The Kier molecular flexibility index (Phi) is 3.99. The summed E-state index contributed by atoms with van der Waals surface area (Å²) in [5.41, 5.74) is 0. The number of rotatable bonds is 3. The molecule has 0 unspecified atom stereocenters. The van der Waals surface area contributed by atoms with Crippen molar-refractivity contribution in [3.05, 3.63) is 10.1 Å². The van der Waals surface area contributed by atoms with E-state index in [4.69, 9.17) is 9.47 Å². The normalized spacial score (nSPS) is 20.2. The fourth-order valence-corrected chi connectivity index (χ4v) is 3.24. The van der Waals surface area contributed by atoms with Crippen molar-refractivity contribution >= 4 is 27.3 Å². The molecule has 0 amide bonds. The Balaban J connectivity index is 1.87. The van der Waals surface area contributed by atoms with Gasteiger partial charge in [0.1, 0.15) is 0 Å². The lowest BCUT2D eigenvalue weighted by Gasteiger charge is -2.27. The summed E-state index contributed by atoms with van der Waals surface area (Å²) < 4.78 is 10.6. The van der Waals surface area contributed by atoms with Crippen LogP contribution < -0.4 is 9.80 Å². The SMILES string of the molecule is O=[N+]([O-])c1sc(N2CCOCC2)nc1N1CCOCC1. The molecule has 2 saturated heterocycles. The van der Waals surface area contributed by atoms with E-state index in [2.05, 4.69) is 4.98 Å². The van der Waals surface area contributed by atoms with Gasteiger partial charge >= 0.3 is 5.00 Å². The number of nitrogens with zero attached hydrogens (tertiary/aromatic N) is 4. The van der Waals surface area contributed by atoms with Gasteiger partial charge in [-0.25, -0.2) is 0 Å². The summed E-state index contributed by atoms with van der Waals surface area (Å²) in [6.45, 7) is 5.20. The summed E-state index contributed by atoms with van der Waals surface area (Å²) in [5, 5.41) is 12.1. The van der Waals surface area contributed by atoms with Gasteiger partial charge in [-0.2, -0.15) is 4.98 Å². The van der Waals surface area contributed by atoms with Gasteiger partial charge in [0.15, 0.2) is 5.13 Å². The molecule has 0 aliphatic carbocycles. The Morgan fingerprint density at radius 2 is 1.60 bits per heavy atom. The van der Waals surface area contributed by atoms with Gasteiger partial charge in [0.2, 0.25) is 5.82 Å². The highest BCUT2D eigenvalue weighted by atomic mass is 32.1. The molecule has 3 rings (SSSR count). The maximum absolute atomic E-state index is 11.2. The lowest BCUT2D eigenvalue weighted by Crippen LogP contribution is -2.37. The quantitative estimate of drug-likeness (QED) is 0.601. The molecule has 1 aromatic heterocycles. The topological polar surface area (TPSA) is 81.0 Å². The van der Waals surface area contributed by atoms with Crippen molar-refractivity contribution in [2.45, 2.75) is 0 Å². The van der Waals surface area contributed by atoms with Crippen LogP contribution in [-0.4, -0.2) is 62.5 Å². The van der Waals surface area contributed by atoms with Crippen molar-refractivity contribution in [3.63, 3.8) is 0 Å². The van der Waals surface area contributed by atoms with Gasteiger partial charge in [0.05, 0.1) is 31.4 Å². The highest BCUT2D eigenvalue weighted by Gasteiger charge is 2.29. The molecule has 2 aliphatic rings. The minimum absolute atomic E-state index is 0.119. The molecule has 0 radical (unpaired) electrons. The molecule has 1 aromatic rings. The summed E-state index contributed by atoms with van der Waals surface area (Å²) in [5.74, 6) is 0.477. The van der Waals surface area contributed by atoms with Gasteiger partial charge in [-0.15, -0.1) is 0 Å². The van der Waals surface area contributed by atoms with Crippen LogP contribution in [0, 0.1) is 10.1 Å². The molecule has 0 atom stereocenters. The van der Waals surface area contributed by atoms with Gasteiger partial charge in [-0.05, 0) is 11.3 Å². The minimum Gasteiger partial charge on any atom is -0.378 e. The minimum atomic E-state index is -0.341. The van der Waals surface area contributed by atoms with E-state index in [9.17, 15) is 10.1 Å². The first-order valence-electron chi connectivity index (χ1n) is 6.56. The average molecular weight is 300 g/mol. The molecule has 8 nitrogen and oxygen atoms in total. The van der Waals surface area contributed by atoms with E-state index >= 15 is 0 Å². The molecule has 20 heavy (non-hydrogen) atoms. The van der Waals surface area contributed by atoms with E-state index in [1.54, 1.807) is 0 Å². The molecule has 9 heteroatoms. The Bertz CT molecular complexity index is 483. The van der Waals surface area contributed by atoms with Crippen molar-refractivity contribution in [3.8, 4) is 0 Å². The Morgan fingerprint density at radius 3 is 2.15 bits per heavy atom. The van der Waals surface area contributed by atoms with Crippen molar-refractivity contribution in [2.75, 3.05) is 62.4 Å². The molecule has 0 spiro atoms. The van der Waals surface area contributed by atoms with E-state index < -0.39 is 0 Å². The second-order valence-corrected chi connectivity index (χ2v) is 5.54. The molecule has 3 heterocycles. The van der Waals surface area contributed by atoms with Crippen LogP contribution in [0.1, 0.15) is 0 Å². The molecule has 0 bridgehead atoms. The largest absolute Gasteiger partial charge is 0.378 e. The van der Waals surface area contributed by atoms with Crippen LogP contribution in [0.25, 0.3) is 0 Å². The number of nitro groups is 1. The predicted molar refractivity (Wildman–Crippen MR) is 74.8 cm³/mol. The van der Waals surface area contributed by atoms with E-state index in [1.807, 2.05) is 9.80 Å². The molecule has 0 saturated carbocycles. The zero-order valence-electron chi connectivity index (χ0n) is 11.0. The molecule has 0 N–H and O–H groups in total. The van der Waals surface area contributed by atoms with E-state index in [0.29, 0.717) is 50.5 Å². The maximum atomic E-state index is 11.2. The van der Waals surface area contributed by atoms with Crippen LogP contribution in [0.4, 0.5) is 16.0 Å². The van der Waals surface area contributed by atoms with Gasteiger partial charge in [0, 0.05) is 26.2 Å². The van der Waals surface area contributed by atoms with Crippen LogP contribution in [0.3, 0.4) is 0 Å². The van der Waals surface area contributed by atoms with Crippen LogP contribution in [-0.2, 0) is 9.47 Å². The second-order valence-electron chi connectivity index (χ2n) is 4.58. The number of hydrogen-bond acceptors (Lipinski definition) is 8. The first-order chi connectivity index (χ1) is 9.75. The van der Waals surface area contributed by atoms with Crippen molar-refractivity contribution in [1.82, 2.24) is 4.98 Å². The summed E-state index contributed by atoms with van der Waals surface area (Å²) in [6.07, 6.45) is 0. The summed E-state index contributed by atoms with van der Waals surface area (Å²) in [4.78, 5) is 19.4. The molecular weight excluding hydrogens is 284 g/mol. The number of morpholine rings is 2. The first-order valence-corrected chi connectivity index (χ1v) is 7.38. The van der Waals surface area contributed by atoms with E-state index in [1.165, 1.54) is 0 Å². The summed E-state index contributed by atoms with van der Waals surface area (Å²) in [7, 11) is 0. The number of anilines is 2. The standard InChI is InChI=1S/C11H16N4O4S/c16-15(17)10-9(13-1-5-18-6-2-13)12-11(20-10)14-3-7-19-8-4-14/h1-8H2. The monoisotopic (exact) mass is 300 g/mol. The first kappa shape index (κ1) is 13.5. The molecule has 2 fully saturated rings. The maximum Gasteiger partial charge on any atom is 0.369 e. The van der Waals surface area contributed by atoms with Crippen LogP contribution in [0.15, 0.2) is 0 Å². The van der Waals surface area contributed by atoms with Crippen LogP contribution >= 0.6 is 11.3 Å². The second kappa shape index (κ2) is 5.90. The van der Waals surface area contributed by atoms with Gasteiger partial charge in [0.25, 0.3) is 0 Å². The van der Waals surface area contributed by atoms with Crippen LogP contribution in [0.2, 0.25) is 0 Å².